The molecule has 0 aromatic carbocycles. The first-order valence-electron chi connectivity index (χ1n) is 5.94. The average molecular weight is 296 g/mol. The van der Waals surface area contributed by atoms with Gasteiger partial charge in [-0.05, 0) is 12.1 Å². The number of hydrogen-bond acceptors (Lipinski definition) is 6. The van der Waals surface area contributed by atoms with Crippen LogP contribution in [0.2, 0.25) is 0 Å². The van der Waals surface area contributed by atoms with Crippen LogP contribution in [0.15, 0.2) is 35.6 Å². The molecule has 0 atom stereocenters. The third-order valence-corrected chi connectivity index (χ3v) is 3.72. The van der Waals surface area contributed by atoms with E-state index in [0.29, 0.717) is 24.7 Å². The normalized spacial score (nSPS) is 11.5. The number of ether oxygens (including phenoxy) is 1. The van der Waals surface area contributed by atoms with Gasteiger partial charge in [0.1, 0.15) is 10.7 Å². The first-order chi connectivity index (χ1) is 9.50. The van der Waals surface area contributed by atoms with Gasteiger partial charge in [-0.2, -0.15) is 5.10 Å². The standard InChI is InChI=1S/C12H16N4O3S/c1-19-7-6-16-9-10(8-14-16)15-12-11(20(2,17)18)4-3-5-13-12/h3-5,8-9H,6-7H2,1-2H3,(H,13,15). The van der Waals surface area contributed by atoms with Crippen molar-refractivity contribution in [2.45, 2.75) is 11.4 Å². The number of sulfone groups is 1. The van der Waals surface area contributed by atoms with E-state index < -0.39 is 9.84 Å². The fourth-order valence-corrected chi connectivity index (χ4v) is 2.44. The highest BCUT2D eigenvalue weighted by atomic mass is 32.2. The lowest BCUT2D eigenvalue weighted by molar-refractivity contribution is 0.183. The Bertz CT molecular complexity index is 682. The second-order valence-electron chi connectivity index (χ2n) is 4.23. The van der Waals surface area contributed by atoms with Crippen LogP contribution in [0, 0.1) is 0 Å². The van der Waals surface area contributed by atoms with Crippen LogP contribution in [-0.2, 0) is 21.1 Å². The summed E-state index contributed by atoms with van der Waals surface area (Å²) in [7, 11) is -1.71. The van der Waals surface area contributed by atoms with Gasteiger partial charge in [0.05, 0.1) is 25.0 Å². The molecule has 7 nitrogen and oxygen atoms in total. The lowest BCUT2D eigenvalue weighted by atomic mass is 10.4. The number of rotatable bonds is 6. The minimum atomic E-state index is -3.33. The number of methoxy groups -OCH3 is 1. The molecule has 0 unspecified atom stereocenters. The van der Waals surface area contributed by atoms with Gasteiger partial charge in [-0.25, -0.2) is 13.4 Å². The zero-order valence-electron chi connectivity index (χ0n) is 11.3. The second kappa shape index (κ2) is 6.02. The molecule has 20 heavy (non-hydrogen) atoms. The summed E-state index contributed by atoms with van der Waals surface area (Å²) >= 11 is 0. The van der Waals surface area contributed by atoms with Gasteiger partial charge >= 0.3 is 0 Å². The van der Waals surface area contributed by atoms with Gasteiger partial charge in [-0.3, -0.25) is 4.68 Å². The number of hydrogen-bond donors (Lipinski definition) is 1. The van der Waals surface area contributed by atoms with E-state index in [1.165, 1.54) is 12.3 Å². The maximum Gasteiger partial charge on any atom is 0.179 e. The van der Waals surface area contributed by atoms with E-state index in [1.54, 1.807) is 30.3 Å². The Kier molecular flexibility index (Phi) is 4.35. The summed E-state index contributed by atoms with van der Waals surface area (Å²) in [5, 5.41) is 7.10. The zero-order chi connectivity index (χ0) is 14.6. The Hall–Kier alpha value is -1.93. The van der Waals surface area contributed by atoms with E-state index in [9.17, 15) is 8.42 Å². The first kappa shape index (κ1) is 14.5. The molecular formula is C12H16N4O3S. The van der Waals surface area contributed by atoms with Crippen LogP contribution in [0.3, 0.4) is 0 Å². The van der Waals surface area contributed by atoms with Gasteiger partial charge in [0.25, 0.3) is 0 Å². The Morgan fingerprint density at radius 2 is 2.25 bits per heavy atom. The lowest BCUT2D eigenvalue weighted by Gasteiger charge is -2.07. The van der Waals surface area contributed by atoms with Crippen LogP contribution in [-0.4, -0.2) is 43.2 Å². The summed E-state index contributed by atoms with van der Waals surface area (Å²) in [5.41, 5.74) is 0.671. The van der Waals surface area contributed by atoms with Crippen molar-refractivity contribution in [3.8, 4) is 0 Å². The predicted octanol–water partition coefficient (Wildman–Crippen LogP) is 1.07. The Morgan fingerprint density at radius 1 is 1.45 bits per heavy atom. The zero-order valence-corrected chi connectivity index (χ0v) is 12.1. The van der Waals surface area contributed by atoms with Gasteiger partial charge in [-0.15, -0.1) is 0 Å². The maximum atomic E-state index is 11.7. The molecule has 0 saturated carbocycles. The highest BCUT2D eigenvalue weighted by Crippen LogP contribution is 2.21. The fourth-order valence-electron chi connectivity index (χ4n) is 1.66. The largest absolute Gasteiger partial charge is 0.383 e. The van der Waals surface area contributed by atoms with Crippen molar-refractivity contribution in [1.29, 1.82) is 0 Å². The highest BCUT2D eigenvalue weighted by Gasteiger charge is 2.14. The van der Waals surface area contributed by atoms with E-state index in [-0.39, 0.29) is 4.90 Å². The molecule has 0 aliphatic carbocycles. The predicted molar refractivity (Wildman–Crippen MR) is 74.7 cm³/mol. The number of anilines is 2. The number of pyridine rings is 1. The molecule has 0 bridgehead atoms. The average Bonchev–Trinajstić information content (AvgIpc) is 2.83. The molecule has 0 amide bonds. The summed E-state index contributed by atoms with van der Waals surface area (Å²) in [5.74, 6) is 0.293. The molecule has 108 valence electrons. The van der Waals surface area contributed by atoms with Gasteiger partial charge in [0, 0.05) is 25.8 Å². The molecule has 0 aliphatic rings. The molecular weight excluding hydrogens is 280 g/mol. The Balaban J connectivity index is 2.20. The van der Waals surface area contributed by atoms with E-state index in [1.807, 2.05) is 0 Å². The second-order valence-corrected chi connectivity index (χ2v) is 6.22. The fraction of sp³-hybridized carbons (Fsp3) is 0.333. The monoisotopic (exact) mass is 296 g/mol. The third kappa shape index (κ3) is 3.55. The number of nitrogens with one attached hydrogen (secondary N) is 1. The summed E-state index contributed by atoms with van der Waals surface area (Å²) in [6.45, 7) is 1.18. The Morgan fingerprint density at radius 3 is 2.95 bits per heavy atom. The quantitative estimate of drug-likeness (QED) is 0.858. The molecule has 0 fully saturated rings. The van der Waals surface area contributed by atoms with Crippen molar-refractivity contribution in [1.82, 2.24) is 14.8 Å². The van der Waals surface area contributed by atoms with Crippen molar-refractivity contribution in [2.75, 3.05) is 25.3 Å². The molecule has 2 aromatic heterocycles. The summed E-state index contributed by atoms with van der Waals surface area (Å²) in [4.78, 5) is 4.22. The number of nitrogens with zero attached hydrogens (tertiary/aromatic N) is 3. The smallest absolute Gasteiger partial charge is 0.179 e. The van der Waals surface area contributed by atoms with Crippen LogP contribution in [0.1, 0.15) is 0 Å². The molecule has 0 saturated heterocycles. The topological polar surface area (TPSA) is 86.1 Å². The van der Waals surface area contributed by atoms with Crippen LogP contribution in [0.4, 0.5) is 11.5 Å². The lowest BCUT2D eigenvalue weighted by Crippen LogP contribution is -2.05. The van der Waals surface area contributed by atoms with E-state index in [0.717, 1.165) is 6.26 Å². The molecule has 0 radical (unpaired) electrons. The van der Waals surface area contributed by atoms with Gasteiger partial charge < -0.3 is 10.1 Å². The molecule has 1 N–H and O–H groups in total. The molecule has 2 rings (SSSR count). The van der Waals surface area contributed by atoms with E-state index in [2.05, 4.69) is 15.4 Å². The summed E-state index contributed by atoms with van der Waals surface area (Å²) in [6, 6.07) is 3.10. The summed E-state index contributed by atoms with van der Waals surface area (Å²) in [6.07, 6.45) is 6.06. The highest BCUT2D eigenvalue weighted by molar-refractivity contribution is 7.90. The number of aromatic nitrogens is 3. The van der Waals surface area contributed by atoms with Crippen LogP contribution in [0.5, 0.6) is 0 Å². The molecule has 8 heteroatoms. The first-order valence-corrected chi connectivity index (χ1v) is 7.83. The van der Waals surface area contributed by atoms with Crippen molar-refractivity contribution in [3.05, 3.63) is 30.7 Å². The molecule has 0 spiro atoms. The van der Waals surface area contributed by atoms with E-state index in [4.69, 9.17) is 4.74 Å². The minimum absolute atomic E-state index is 0.157. The van der Waals surface area contributed by atoms with Crippen LogP contribution in [0.25, 0.3) is 0 Å². The van der Waals surface area contributed by atoms with Gasteiger partial charge in [0.15, 0.2) is 9.84 Å². The van der Waals surface area contributed by atoms with Crippen molar-refractivity contribution >= 4 is 21.3 Å². The minimum Gasteiger partial charge on any atom is -0.383 e. The summed E-state index contributed by atoms with van der Waals surface area (Å²) < 4.78 is 30.0. The molecule has 0 aliphatic heterocycles. The van der Waals surface area contributed by atoms with Gasteiger partial charge in [-0.1, -0.05) is 0 Å². The SMILES string of the molecule is COCCn1cc(Nc2ncccc2S(C)(=O)=O)cn1. The maximum absolute atomic E-state index is 11.7. The van der Waals surface area contributed by atoms with Crippen molar-refractivity contribution in [3.63, 3.8) is 0 Å². The van der Waals surface area contributed by atoms with E-state index >= 15 is 0 Å². The van der Waals surface area contributed by atoms with Gasteiger partial charge in [0.2, 0.25) is 0 Å². The van der Waals surface area contributed by atoms with Crippen LogP contribution >= 0.6 is 0 Å². The third-order valence-electron chi connectivity index (χ3n) is 2.59. The Labute approximate surface area is 117 Å². The van der Waals surface area contributed by atoms with Crippen molar-refractivity contribution in [2.24, 2.45) is 0 Å². The molecule has 2 heterocycles. The van der Waals surface area contributed by atoms with Crippen molar-refractivity contribution < 1.29 is 13.2 Å². The van der Waals surface area contributed by atoms with Crippen LogP contribution < -0.4 is 5.32 Å². The molecule has 2 aromatic rings.